The van der Waals surface area contributed by atoms with E-state index in [9.17, 15) is 9.90 Å². The number of carbonyl (C=O) groups excluding carboxylic acids is 1. The molecule has 5 nitrogen and oxygen atoms in total. The highest BCUT2D eigenvalue weighted by Crippen LogP contribution is 2.12. The lowest BCUT2D eigenvalue weighted by atomic mass is 10.1. The summed E-state index contributed by atoms with van der Waals surface area (Å²) in [5.74, 6) is 0. The minimum Gasteiger partial charge on any atom is -0.389 e. The van der Waals surface area contributed by atoms with E-state index in [1.807, 2.05) is 13.8 Å². The van der Waals surface area contributed by atoms with E-state index in [0.717, 1.165) is 19.4 Å². The summed E-state index contributed by atoms with van der Waals surface area (Å²) in [6, 6.07) is -0.0800. The fraction of sp³-hybridized carbons (Fsp3) is 0.923. The third-order valence-corrected chi connectivity index (χ3v) is 2.95. The van der Waals surface area contributed by atoms with Gasteiger partial charge in [-0.2, -0.15) is 0 Å². The molecule has 0 radical (unpaired) electrons. The van der Waals surface area contributed by atoms with Crippen LogP contribution in [-0.4, -0.2) is 53.5 Å². The minimum atomic E-state index is -0.883. The third kappa shape index (κ3) is 5.23. The van der Waals surface area contributed by atoms with Gasteiger partial charge in [0, 0.05) is 19.2 Å². The predicted octanol–water partition coefficient (Wildman–Crippen LogP) is 1.36. The van der Waals surface area contributed by atoms with Crippen molar-refractivity contribution in [2.24, 2.45) is 0 Å². The number of rotatable bonds is 5. The van der Waals surface area contributed by atoms with Crippen LogP contribution in [0, 0.1) is 0 Å². The smallest absolute Gasteiger partial charge is 0.317 e. The molecule has 1 saturated heterocycles. The molecule has 0 aromatic carbocycles. The molecule has 0 bridgehead atoms. The molecule has 0 unspecified atom stereocenters. The van der Waals surface area contributed by atoms with Gasteiger partial charge in [0.05, 0.1) is 18.2 Å². The Labute approximate surface area is 109 Å². The normalized spacial score (nSPS) is 20.2. The number of hydrogen-bond donors (Lipinski definition) is 2. The average Bonchev–Trinajstić information content (AvgIpc) is 2.73. The molecule has 2 amide bonds. The lowest BCUT2D eigenvalue weighted by Crippen LogP contribution is -2.51. The summed E-state index contributed by atoms with van der Waals surface area (Å²) in [7, 11) is 0. The molecule has 0 aliphatic carbocycles. The summed E-state index contributed by atoms with van der Waals surface area (Å²) in [6.07, 6.45) is 2.22. The van der Waals surface area contributed by atoms with Crippen molar-refractivity contribution in [3.63, 3.8) is 0 Å². The number of nitrogens with one attached hydrogen (secondary N) is 1. The minimum absolute atomic E-state index is 0.0564. The fourth-order valence-electron chi connectivity index (χ4n) is 2.01. The molecule has 18 heavy (non-hydrogen) atoms. The van der Waals surface area contributed by atoms with Gasteiger partial charge in [-0.05, 0) is 40.5 Å². The van der Waals surface area contributed by atoms with E-state index in [2.05, 4.69) is 5.32 Å². The molecule has 1 heterocycles. The van der Waals surface area contributed by atoms with Crippen molar-refractivity contribution in [1.29, 1.82) is 0 Å². The largest absolute Gasteiger partial charge is 0.389 e. The van der Waals surface area contributed by atoms with Crippen molar-refractivity contribution < 1.29 is 14.6 Å². The maximum Gasteiger partial charge on any atom is 0.317 e. The van der Waals surface area contributed by atoms with Gasteiger partial charge in [0.25, 0.3) is 0 Å². The van der Waals surface area contributed by atoms with Gasteiger partial charge in [0.1, 0.15) is 0 Å². The van der Waals surface area contributed by atoms with Crippen LogP contribution >= 0.6 is 0 Å². The van der Waals surface area contributed by atoms with Crippen LogP contribution in [0.4, 0.5) is 4.79 Å². The first kappa shape index (κ1) is 15.2. The van der Waals surface area contributed by atoms with Crippen molar-refractivity contribution in [2.45, 2.75) is 58.3 Å². The number of ether oxygens (including phenoxy) is 1. The topological polar surface area (TPSA) is 61.8 Å². The second-order valence-corrected chi connectivity index (χ2v) is 5.86. The lowest BCUT2D eigenvalue weighted by Gasteiger charge is -2.32. The fourth-order valence-corrected chi connectivity index (χ4v) is 2.01. The molecular formula is C13H26N2O3. The van der Waals surface area contributed by atoms with Gasteiger partial charge in [-0.15, -0.1) is 0 Å². The first-order valence-corrected chi connectivity index (χ1v) is 6.68. The zero-order valence-corrected chi connectivity index (χ0v) is 11.9. The van der Waals surface area contributed by atoms with Crippen LogP contribution in [-0.2, 0) is 4.74 Å². The molecule has 0 spiro atoms. The second kappa shape index (κ2) is 6.38. The Balaban J connectivity index is 2.43. The molecule has 0 aromatic rings. The highest BCUT2D eigenvalue weighted by molar-refractivity contribution is 5.74. The van der Waals surface area contributed by atoms with E-state index >= 15 is 0 Å². The summed E-state index contributed by atoms with van der Waals surface area (Å²) in [5.41, 5.74) is -0.883. The summed E-state index contributed by atoms with van der Waals surface area (Å²) in [5, 5.41) is 12.7. The Morgan fingerprint density at radius 3 is 2.67 bits per heavy atom. The molecule has 5 heteroatoms. The number of amides is 2. The van der Waals surface area contributed by atoms with Gasteiger partial charge in [0.2, 0.25) is 0 Å². The molecule has 1 rings (SSSR count). The van der Waals surface area contributed by atoms with Gasteiger partial charge in [0.15, 0.2) is 0 Å². The van der Waals surface area contributed by atoms with Crippen LogP contribution in [0.2, 0.25) is 0 Å². The summed E-state index contributed by atoms with van der Waals surface area (Å²) >= 11 is 0. The van der Waals surface area contributed by atoms with Crippen molar-refractivity contribution in [2.75, 3.05) is 19.7 Å². The van der Waals surface area contributed by atoms with Crippen LogP contribution in [0.1, 0.15) is 40.5 Å². The summed E-state index contributed by atoms with van der Waals surface area (Å²) in [6.45, 7) is 8.95. The second-order valence-electron chi connectivity index (χ2n) is 5.86. The average molecular weight is 258 g/mol. The van der Waals surface area contributed by atoms with E-state index in [0.29, 0.717) is 13.1 Å². The Kier molecular flexibility index (Phi) is 5.41. The first-order chi connectivity index (χ1) is 8.29. The SMILES string of the molecule is CC(C)N(CC(C)(C)O)C(=O)NC[C@H]1CCCO1. The maximum atomic E-state index is 12.1. The Morgan fingerprint density at radius 2 is 2.22 bits per heavy atom. The zero-order valence-electron chi connectivity index (χ0n) is 11.9. The Hall–Kier alpha value is -0.810. The van der Waals surface area contributed by atoms with E-state index in [1.54, 1.807) is 18.7 Å². The number of nitrogens with zero attached hydrogens (tertiary/aromatic N) is 1. The zero-order chi connectivity index (χ0) is 13.8. The van der Waals surface area contributed by atoms with Crippen LogP contribution in [0.3, 0.4) is 0 Å². The molecule has 0 aromatic heterocycles. The molecule has 1 atom stereocenters. The highest BCUT2D eigenvalue weighted by atomic mass is 16.5. The van der Waals surface area contributed by atoms with Crippen molar-refractivity contribution in [3.8, 4) is 0 Å². The van der Waals surface area contributed by atoms with Crippen molar-refractivity contribution in [3.05, 3.63) is 0 Å². The van der Waals surface area contributed by atoms with Gasteiger partial charge < -0.3 is 20.1 Å². The Bertz CT molecular complexity index is 268. The van der Waals surface area contributed by atoms with Gasteiger partial charge in [-0.1, -0.05) is 0 Å². The van der Waals surface area contributed by atoms with E-state index in [1.165, 1.54) is 0 Å². The molecule has 0 saturated carbocycles. The molecule has 106 valence electrons. The van der Waals surface area contributed by atoms with Crippen LogP contribution < -0.4 is 5.32 Å². The molecule has 1 aliphatic rings. The quantitative estimate of drug-likeness (QED) is 0.782. The molecule has 2 N–H and O–H groups in total. The standard InChI is InChI=1S/C13H26N2O3/c1-10(2)15(9-13(3,4)17)12(16)14-8-11-6-5-7-18-11/h10-11,17H,5-9H2,1-4H3,(H,14,16)/t11-/m1/s1. The number of urea groups is 1. The highest BCUT2D eigenvalue weighted by Gasteiger charge is 2.25. The lowest BCUT2D eigenvalue weighted by molar-refractivity contribution is 0.0377. The van der Waals surface area contributed by atoms with Crippen molar-refractivity contribution in [1.82, 2.24) is 10.2 Å². The Morgan fingerprint density at radius 1 is 1.56 bits per heavy atom. The number of hydrogen-bond acceptors (Lipinski definition) is 3. The molecule has 1 fully saturated rings. The van der Waals surface area contributed by atoms with Gasteiger partial charge in [-0.3, -0.25) is 0 Å². The molecule has 1 aliphatic heterocycles. The third-order valence-electron chi connectivity index (χ3n) is 2.95. The van der Waals surface area contributed by atoms with E-state index in [-0.39, 0.29) is 18.2 Å². The monoisotopic (exact) mass is 258 g/mol. The summed E-state index contributed by atoms with van der Waals surface area (Å²) in [4.78, 5) is 13.7. The molecular weight excluding hydrogens is 232 g/mol. The first-order valence-electron chi connectivity index (χ1n) is 6.68. The van der Waals surface area contributed by atoms with E-state index in [4.69, 9.17) is 4.74 Å². The predicted molar refractivity (Wildman–Crippen MR) is 70.5 cm³/mol. The van der Waals surface area contributed by atoms with Crippen molar-refractivity contribution >= 4 is 6.03 Å². The van der Waals surface area contributed by atoms with Gasteiger partial charge in [-0.25, -0.2) is 4.79 Å². The maximum absolute atomic E-state index is 12.1. The van der Waals surface area contributed by atoms with Gasteiger partial charge >= 0.3 is 6.03 Å². The number of carbonyl (C=O) groups is 1. The summed E-state index contributed by atoms with van der Waals surface area (Å²) < 4.78 is 5.46. The van der Waals surface area contributed by atoms with Crippen LogP contribution in [0.15, 0.2) is 0 Å². The van der Waals surface area contributed by atoms with Crippen LogP contribution in [0.25, 0.3) is 0 Å². The number of aliphatic hydroxyl groups is 1. The van der Waals surface area contributed by atoms with Crippen LogP contribution in [0.5, 0.6) is 0 Å². The van der Waals surface area contributed by atoms with E-state index < -0.39 is 5.60 Å².